The number of ketones is 1. The molecular weight excluding hydrogens is 743 g/mol. The molecule has 20 rings (SSSR count). The smallest absolute Gasteiger partial charge is 0.254 e. The fourth-order valence-corrected chi connectivity index (χ4v) is 20.5. The van der Waals surface area contributed by atoms with Crippen LogP contribution >= 0.6 is 0 Å². The van der Waals surface area contributed by atoms with Crippen LogP contribution in [0, 0.1) is 23.2 Å². The summed E-state index contributed by atoms with van der Waals surface area (Å²) in [5.74, 6) is 4.85. The van der Waals surface area contributed by atoms with Gasteiger partial charge in [-0.1, -0.05) is 61.0 Å². The number of hydrogen-bond donors (Lipinski definition) is 0. The van der Waals surface area contributed by atoms with Crippen molar-refractivity contribution >= 4 is 115 Å². The molecule has 1 aliphatic heterocycles. The highest BCUT2D eigenvalue weighted by Crippen LogP contribution is 2.88. The summed E-state index contributed by atoms with van der Waals surface area (Å²) in [6, 6.07) is 19.6. The van der Waals surface area contributed by atoms with Crippen molar-refractivity contribution in [2.75, 3.05) is 6.54 Å². The van der Waals surface area contributed by atoms with Crippen molar-refractivity contribution in [3.63, 3.8) is 0 Å². The second kappa shape index (κ2) is 7.89. The zero-order valence-electron chi connectivity index (χ0n) is 33.2. The van der Waals surface area contributed by atoms with E-state index >= 15 is 9.59 Å². The summed E-state index contributed by atoms with van der Waals surface area (Å²) in [4.78, 5) is 33.9. The Bertz CT molecular complexity index is 4280. The largest absolute Gasteiger partial charge is 0.333 e. The highest BCUT2D eigenvalue weighted by molar-refractivity contribution is 6.61. The Hall–Kier alpha value is -6.24. The molecule has 1 saturated heterocycles. The molecule has 1 heterocycles. The van der Waals surface area contributed by atoms with E-state index in [1.54, 1.807) is 32.8 Å². The minimum absolute atomic E-state index is 0.102. The van der Waals surface area contributed by atoms with Gasteiger partial charge in [-0.05, 0) is 204 Å². The minimum atomic E-state index is -0.855. The van der Waals surface area contributed by atoms with Crippen molar-refractivity contribution in [1.82, 2.24) is 4.90 Å². The van der Waals surface area contributed by atoms with Crippen molar-refractivity contribution in [1.29, 1.82) is 0 Å². The summed E-state index contributed by atoms with van der Waals surface area (Å²) in [5.41, 5.74) is 7.68. The number of benzene rings is 8. The van der Waals surface area contributed by atoms with Crippen molar-refractivity contribution in [3.05, 3.63) is 111 Å². The van der Waals surface area contributed by atoms with Crippen molar-refractivity contribution < 1.29 is 9.59 Å². The van der Waals surface area contributed by atoms with Crippen LogP contribution in [0.4, 0.5) is 0 Å². The van der Waals surface area contributed by atoms with E-state index < -0.39 is 16.2 Å². The lowest BCUT2D eigenvalue weighted by molar-refractivity contribution is -0.126. The van der Waals surface area contributed by atoms with Crippen LogP contribution in [-0.2, 0) is 15.6 Å². The number of amides is 1. The maximum absolute atomic E-state index is 16.1. The standard InChI is InChI=1S/C58H33NO2/c1-2-7-32-57-20-6-19-55(57)21-18-33(60)58(55)31-17-15-29-27-13-11-25-24-10-12-26-28-14-16-30-40-38(28)43-36(26)34(24)42-35(25)37(27)44-39(29)41(31)51-49-47(44)45(42)46(43)48(49)50(40)52(53(51)58)56(30,57)22-59(32)54(61)23-8-4-3-5-9-23/h1,3-5,8-11,13,15,17-18,21,26,28,30,32H,6-7,12,14,16,19-20,22H2/t26?,28?,30?,32?,55?,56-,57?,58-/m0/s1. The summed E-state index contributed by atoms with van der Waals surface area (Å²) in [6.45, 7) is 0.665. The first-order valence-corrected chi connectivity index (χ1v) is 23.2. The minimum Gasteiger partial charge on any atom is -0.333 e. The van der Waals surface area contributed by atoms with Crippen LogP contribution in [0.25, 0.3) is 103 Å². The first-order chi connectivity index (χ1) is 30.1. The SMILES string of the molecule is C#CCC1N(C(=O)c2ccccc2)C[C@@]23c4c5c6c7c(ccc8c9ccc%10c%11c%12c%13c%14c%15c(c4c4c%14c%14c%12c%10c9c(c87)c%14c64)C2CCC%15C%13CC=%11)[C@]52C(=O)C=CC24CCCC143. The second-order valence-corrected chi connectivity index (χ2v) is 21.6. The Morgan fingerprint density at radius 1 is 0.705 bits per heavy atom. The predicted molar refractivity (Wildman–Crippen MR) is 243 cm³/mol. The summed E-state index contributed by atoms with van der Waals surface area (Å²) >= 11 is 0. The molecule has 9 aliphatic rings. The summed E-state index contributed by atoms with van der Waals surface area (Å²) in [7, 11) is 0. The van der Waals surface area contributed by atoms with Crippen LogP contribution in [0.3, 0.4) is 0 Å². The molecule has 1 amide bonds. The monoisotopic (exact) mass is 775 g/mol. The first kappa shape index (κ1) is 29.1. The summed E-state index contributed by atoms with van der Waals surface area (Å²) in [5, 5.41) is 28.2. The number of carbonyl (C=O) groups excluding carboxylic acids is 2. The van der Waals surface area contributed by atoms with Gasteiger partial charge in [0.25, 0.3) is 5.91 Å². The van der Waals surface area contributed by atoms with Gasteiger partial charge in [0.05, 0.1) is 11.5 Å². The molecule has 1 saturated carbocycles. The third-order valence-corrected chi connectivity index (χ3v) is 21.1. The van der Waals surface area contributed by atoms with Crippen molar-refractivity contribution in [3.8, 4) is 12.3 Å². The normalized spacial score (nSPS) is 33.9. The van der Waals surface area contributed by atoms with E-state index in [0.717, 1.165) is 37.7 Å². The number of allylic oxidation sites excluding steroid dienone is 2. The van der Waals surface area contributed by atoms with Gasteiger partial charge in [0.2, 0.25) is 0 Å². The Labute approximate surface area is 348 Å². The topological polar surface area (TPSA) is 37.4 Å². The van der Waals surface area contributed by atoms with Gasteiger partial charge in [-0.3, -0.25) is 9.59 Å². The number of terminal acetylenes is 1. The van der Waals surface area contributed by atoms with E-state index in [0.29, 0.717) is 24.8 Å². The van der Waals surface area contributed by atoms with E-state index in [4.69, 9.17) is 6.42 Å². The Kier molecular flexibility index (Phi) is 3.76. The Morgan fingerprint density at radius 3 is 2.31 bits per heavy atom. The van der Waals surface area contributed by atoms with Crippen LogP contribution in [0.1, 0.15) is 106 Å². The highest BCUT2D eigenvalue weighted by Gasteiger charge is 2.86. The van der Waals surface area contributed by atoms with Crippen molar-refractivity contribution in [2.24, 2.45) is 10.8 Å². The van der Waals surface area contributed by atoms with Gasteiger partial charge in [0.15, 0.2) is 5.78 Å². The third kappa shape index (κ3) is 2.09. The molecule has 8 atom stereocenters. The number of hydrogen-bond acceptors (Lipinski definition) is 2. The van der Waals surface area contributed by atoms with E-state index in [2.05, 4.69) is 47.2 Å². The molecule has 2 fully saturated rings. The molecule has 3 heteroatoms. The van der Waals surface area contributed by atoms with Crippen LogP contribution in [0.2, 0.25) is 0 Å². The fraction of sp³-hybridized carbons (Fsp3) is 0.276. The molecule has 11 aromatic rings. The van der Waals surface area contributed by atoms with Crippen LogP contribution in [0.5, 0.6) is 0 Å². The maximum atomic E-state index is 16.1. The van der Waals surface area contributed by atoms with E-state index in [-0.39, 0.29) is 29.1 Å². The zero-order chi connectivity index (χ0) is 38.9. The fourth-order valence-electron chi connectivity index (χ4n) is 20.5. The molecule has 11 aromatic carbocycles. The number of likely N-dealkylation sites (tertiary alicyclic amines) is 1. The molecule has 4 spiro atoms. The molecule has 61 heavy (non-hydrogen) atoms. The average molecular weight is 776 g/mol. The molecule has 8 aliphatic carbocycles. The second-order valence-electron chi connectivity index (χ2n) is 21.6. The molecule has 3 nitrogen and oxygen atoms in total. The molecule has 0 radical (unpaired) electrons. The van der Waals surface area contributed by atoms with Gasteiger partial charge < -0.3 is 4.90 Å². The zero-order valence-corrected chi connectivity index (χ0v) is 33.2. The first-order valence-electron chi connectivity index (χ1n) is 23.2. The van der Waals surface area contributed by atoms with Gasteiger partial charge >= 0.3 is 0 Å². The molecule has 0 aromatic heterocycles. The predicted octanol–water partition coefficient (Wildman–Crippen LogP) is 11.4. The molecule has 0 bridgehead atoms. The third-order valence-electron chi connectivity index (χ3n) is 21.1. The van der Waals surface area contributed by atoms with Gasteiger partial charge in [0, 0.05) is 34.8 Å². The van der Waals surface area contributed by atoms with Gasteiger partial charge in [-0.2, -0.15) is 0 Å². The van der Waals surface area contributed by atoms with E-state index in [1.165, 1.54) is 109 Å². The molecule has 0 N–H and O–H groups in total. The van der Waals surface area contributed by atoms with Gasteiger partial charge in [-0.15, -0.1) is 12.3 Å². The van der Waals surface area contributed by atoms with Gasteiger partial charge in [0.1, 0.15) is 0 Å². The van der Waals surface area contributed by atoms with E-state index in [9.17, 15) is 0 Å². The average Bonchev–Trinajstić information content (AvgIpc) is 4.17. The van der Waals surface area contributed by atoms with Crippen LogP contribution < -0.4 is 5.22 Å². The molecule has 282 valence electrons. The maximum Gasteiger partial charge on any atom is 0.254 e. The lowest BCUT2D eigenvalue weighted by atomic mass is 9.35. The lowest BCUT2D eigenvalue weighted by Crippen LogP contribution is -2.67. The summed E-state index contributed by atoms with van der Waals surface area (Å²) in [6.07, 6.45) is 20.6. The van der Waals surface area contributed by atoms with E-state index in [1.807, 2.05) is 36.4 Å². The van der Waals surface area contributed by atoms with Crippen LogP contribution in [-0.4, -0.2) is 29.2 Å². The quantitative estimate of drug-likeness (QED) is 0.130. The molecular formula is C58H33NO2. The van der Waals surface area contributed by atoms with Crippen molar-refractivity contribution in [2.45, 2.75) is 79.6 Å². The number of fused-ring (bicyclic) bond motifs is 3. The van der Waals surface area contributed by atoms with Gasteiger partial charge in [-0.25, -0.2) is 0 Å². The lowest BCUT2D eigenvalue weighted by Gasteiger charge is -2.64. The Morgan fingerprint density at radius 2 is 1.44 bits per heavy atom. The number of nitrogens with zero attached hydrogens (tertiary/aromatic N) is 1. The number of rotatable bonds is 2. The molecule has 6 unspecified atom stereocenters. The highest BCUT2D eigenvalue weighted by atomic mass is 16.2. The summed E-state index contributed by atoms with van der Waals surface area (Å²) < 4.78 is 0. The Balaban J connectivity index is 1.13. The van der Waals surface area contributed by atoms with Crippen LogP contribution in [0.15, 0.2) is 66.7 Å². The number of carbonyl (C=O) groups is 2.